The van der Waals surface area contributed by atoms with Gasteiger partial charge in [0.15, 0.2) is 6.29 Å². The Hall–Kier alpha value is -1.86. The molecular weight excluding hydrogens is 1110 g/mol. The molecule has 1 saturated heterocycles. The van der Waals surface area contributed by atoms with Gasteiger partial charge >= 0.3 is 5.97 Å². The third-order valence-corrected chi connectivity index (χ3v) is 18.8. The Morgan fingerprint density at radius 1 is 0.404 bits per heavy atom. The van der Waals surface area contributed by atoms with E-state index in [0.717, 1.165) is 57.8 Å². The molecule has 1 amide bonds. The number of aliphatic hydroxyl groups excluding tert-OH is 5. The predicted octanol–water partition coefficient (Wildman–Crippen LogP) is 20.8. The Morgan fingerprint density at radius 2 is 0.719 bits per heavy atom. The zero-order valence-electron chi connectivity index (χ0n) is 58.7. The number of hydrogen-bond acceptors (Lipinski definition) is 10. The minimum atomic E-state index is -1.57. The van der Waals surface area contributed by atoms with Gasteiger partial charge in [-0.15, -0.1) is 0 Å². The average Bonchev–Trinajstić information content (AvgIpc) is 2.38. The number of aliphatic hydroxyl groups is 5. The van der Waals surface area contributed by atoms with Gasteiger partial charge in [-0.05, 0) is 57.8 Å². The third kappa shape index (κ3) is 56.2. The smallest absolute Gasteiger partial charge is 0.305 e. The number of unbranched alkanes of at least 4 members (excludes halogenated alkanes) is 54. The fourth-order valence-electron chi connectivity index (χ4n) is 12.7. The summed E-state index contributed by atoms with van der Waals surface area (Å²) in [5, 5.41) is 54.4. The van der Waals surface area contributed by atoms with Gasteiger partial charge in [0.25, 0.3) is 0 Å². The number of rotatable bonds is 70. The van der Waals surface area contributed by atoms with Crippen molar-refractivity contribution in [3.63, 3.8) is 0 Å². The second kappa shape index (κ2) is 67.6. The molecule has 7 unspecified atom stereocenters. The lowest BCUT2D eigenvalue weighted by molar-refractivity contribution is -0.302. The highest BCUT2D eigenvalue weighted by atomic mass is 16.7. The zero-order chi connectivity index (χ0) is 64.4. The van der Waals surface area contributed by atoms with E-state index in [1.165, 1.54) is 315 Å². The molecule has 89 heavy (non-hydrogen) atoms. The Kier molecular flexibility index (Phi) is 64.6. The van der Waals surface area contributed by atoms with E-state index in [9.17, 15) is 35.1 Å². The zero-order valence-corrected chi connectivity index (χ0v) is 58.7. The Morgan fingerprint density at radius 3 is 1.08 bits per heavy atom. The van der Waals surface area contributed by atoms with Gasteiger partial charge in [0, 0.05) is 12.8 Å². The molecule has 7 atom stereocenters. The van der Waals surface area contributed by atoms with Gasteiger partial charge in [-0.1, -0.05) is 353 Å². The van der Waals surface area contributed by atoms with Crippen LogP contribution in [0.1, 0.15) is 399 Å². The largest absolute Gasteiger partial charge is 0.466 e. The molecule has 1 aliphatic heterocycles. The number of amides is 1. The SMILES string of the molecule is CCCCCCC/C=C\CCCCCCCC(=O)OCCCCCCCCCCCCCCCCCCCCCCCCCCCCCCCCCCCCCCCC(=O)NC(COC1OC(CO)C(O)C(O)C1O)C(O)/C=C/CCCCCCCCCC. The van der Waals surface area contributed by atoms with E-state index in [0.29, 0.717) is 19.4 Å². The van der Waals surface area contributed by atoms with Crippen LogP contribution in [0.5, 0.6) is 0 Å². The Labute approximate surface area is 550 Å². The van der Waals surface area contributed by atoms with Crippen molar-refractivity contribution in [2.24, 2.45) is 0 Å². The standard InChI is InChI=1S/C78H149NO10/c1-3-5-7-9-11-13-15-16-43-46-50-54-58-62-66-74(83)87-67-63-59-55-51-47-44-41-39-37-35-33-31-29-27-25-23-21-19-17-18-20-22-24-26-28-30-32-34-36-38-40-42-45-49-53-57-61-65-73(82)79-70(69-88-78-77(86)76(85)75(84)72(68-80)89-78)71(81)64-60-56-52-48-14-12-10-8-6-4-2/h15-16,60,64,70-72,75-78,80-81,84-86H,3-14,17-59,61-63,65-69H2,1-2H3,(H,79,82)/b16-15-,64-60+. The van der Waals surface area contributed by atoms with Crippen LogP contribution in [0.15, 0.2) is 24.3 Å². The van der Waals surface area contributed by atoms with Gasteiger partial charge < -0.3 is 45.1 Å². The van der Waals surface area contributed by atoms with Crippen molar-refractivity contribution in [3.8, 4) is 0 Å². The summed E-state index contributed by atoms with van der Waals surface area (Å²) in [6.07, 6.45) is 76.5. The number of allylic oxidation sites excluding steroid dienone is 3. The van der Waals surface area contributed by atoms with Gasteiger partial charge in [-0.25, -0.2) is 0 Å². The van der Waals surface area contributed by atoms with Crippen molar-refractivity contribution in [2.75, 3.05) is 19.8 Å². The summed E-state index contributed by atoms with van der Waals surface area (Å²) in [6, 6.07) is -0.804. The first-order valence-electron chi connectivity index (χ1n) is 39.1. The van der Waals surface area contributed by atoms with E-state index in [-0.39, 0.29) is 18.5 Å². The fraction of sp³-hybridized carbons (Fsp3) is 0.923. The Bertz CT molecular complexity index is 1530. The Balaban J connectivity index is 1.85. The number of nitrogens with one attached hydrogen (secondary N) is 1. The molecule has 11 nitrogen and oxygen atoms in total. The minimum absolute atomic E-state index is 0.00930. The van der Waals surface area contributed by atoms with E-state index in [4.69, 9.17) is 14.2 Å². The highest BCUT2D eigenvalue weighted by Gasteiger charge is 2.44. The molecule has 1 aliphatic rings. The molecule has 0 bridgehead atoms. The van der Waals surface area contributed by atoms with Gasteiger partial charge in [0.2, 0.25) is 5.91 Å². The van der Waals surface area contributed by atoms with Crippen molar-refractivity contribution < 1.29 is 49.3 Å². The van der Waals surface area contributed by atoms with E-state index in [1.54, 1.807) is 6.08 Å². The molecule has 0 saturated carbocycles. The minimum Gasteiger partial charge on any atom is -0.466 e. The predicted molar refractivity (Wildman–Crippen MR) is 375 cm³/mol. The van der Waals surface area contributed by atoms with Crippen LogP contribution in [0.2, 0.25) is 0 Å². The van der Waals surface area contributed by atoms with Crippen LogP contribution in [-0.2, 0) is 23.8 Å². The molecule has 6 N–H and O–H groups in total. The van der Waals surface area contributed by atoms with Crippen molar-refractivity contribution >= 4 is 11.9 Å². The molecule has 1 heterocycles. The van der Waals surface area contributed by atoms with Crippen LogP contribution in [0.3, 0.4) is 0 Å². The summed E-state index contributed by atoms with van der Waals surface area (Å²) in [4.78, 5) is 25.1. The van der Waals surface area contributed by atoms with Crippen LogP contribution in [0, 0.1) is 0 Å². The fourth-order valence-corrected chi connectivity index (χ4v) is 12.7. The highest BCUT2D eigenvalue weighted by Crippen LogP contribution is 2.24. The number of hydrogen-bond donors (Lipinski definition) is 6. The van der Waals surface area contributed by atoms with Crippen LogP contribution in [0.4, 0.5) is 0 Å². The van der Waals surface area contributed by atoms with Crippen LogP contribution in [-0.4, -0.2) is 100 Å². The molecule has 0 aliphatic carbocycles. The van der Waals surface area contributed by atoms with E-state index < -0.39 is 49.5 Å². The second-order valence-corrected chi connectivity index (χ2v) is 27.4. The van der Waals surface area contributed by atoms with Gasteiger partial charge in [0.05, 0.1) is 32.0 Å². The number of carbonyl (C=O) groups is 2. The monoisotopic (exact) mass is 1260 g/mol. The maximum Gasteiger partial charge on any atom is 0.305 e. The normalized spacial score (nSPS) is 17.8. The molecule has 0 aromatic rings. The van der Waals surface area contributed by atoms with E-state index in [1.807, 2.05) is 6.08 Å². The average molecular weight is 1260 g/mol. The van der Waals surface area contributed by atoms with Crippen molar-refractivity contribution in [3.05, 3.63) is 24.3 Å². The number of ether oxygens (including phenoxy) is 3. The number of esters is 1. The molecule has 1 fully saturated rings. The summed E-state index contributed by atoms with van der Waals surface area (Å²) in [5.41, 5.74) is 0. The first-order valence-corrected chi connectivity index (χ1v) is 39.1. The van der Waals surface area contributed by atoms with Gasteiger partial charge in [-0.3, -0.25) is 9.59 Å². The number of carbonyl (C=O) groups excluding carboxylic acids is 2. The lowest BCUT2D eigenvalue weighted by Crippen LogP contribution is -2.60. The maximum atomic E-state index is 13.0. The van der Waals surface area contributed by atoms with Gasteiger partial charge in [-0.2, -0.15) is 0 Å². The van der Waals surface area contributed by atoms with Crippen molar-refractivity contribution in [1.82, 2.24) is 5.32 Å². The van der Waals surface area contributed by atoms with E-state index in [2.05, 4.69) is 31.3 Å². The highest BCUT2D eigenvalue weighted by molar-refractivity contribution is 5.76. The summed E-state index contributed by atoms with van der Waals surface area (Å²) < 4.78 is 16.7. The summed E-state index contributed by atoms with van der Waals surface area (Å²) in [5.74, 6) is -0.166. The summed E-state index contributed by atoms with van der Waals surface area (Å²) in [7, 11) is 0. The molecule has 0 aromatic heterocycles. The first-order chi connectivity index (χ1) is 43.7. The molecular formula is C78H149NO10. The molecule has 0 radical (unpaired) electrons. The molecule has 1 rings (SSSR count). The molecule has 0 aromatic carbocycles. The lowest BCUT2D eigenvalue weighted by atomic mass is 9.99. The third-order valence-electron chi connectivity index (χ3n) is 18.8. The molecule has 0 spiro atoms. The van der Waals surface area contributed by atoms with E-state index >= 15 is 0 Å². The topological polar surface area (TPSA) is 175 Å². The quantitative estimate of drug-likeness (QED) is 0.0195. The van der Waals surface area contributed by atoms with Crippen LogP contribution >= 0.6 is 0 Å². The second-order valence-electron chi connectivity index (χ2n) is 27.4. The van der Waals surface area contributed by atoms with Crippen molar-refractivity contribution in [2.45, 2.75) is 442 Å². The van der Waals surface area contributed by atoms with Gasteiger partial charge in [0.1, 0.15) is 24.4 Å². The maximum absolute atomic E-state index is 13.0. The first kappa shape index (κ1) is 85.2. The van der Waals surface area contributed by atoms with Crippen LogP contribution < -0.4 is 5.32 Å². The lowest BCUT2D eigenvalue weighted by Gasteiger charge is -2.40. The summed E-state index contributed by atoms with van der Waals surface area (Å²) >= 11 is 0. The van der Waals surface area contributed by atoms with Crippen LogP contribution in [0.25, 0.3) is 0 Å². The summed E-state index contributed by atoms with van der Waals surface area (Å²) in [6.45, 7) is 4.36. The van der Waals surface area contributed by atoms with Crippen molar-refractivity contribution in [1.29, 1.82) is 0 Å². The molecule has 526 valence electrons. The molecule has 11 heteroatoms.